The predicted octanol–water partition coefficient (Wildman–Crippen LogP) is 9.03. The summed E-state index contributed by atoms with van der Waals surface area (Å²) >= 11 is 0. The van der Waals surface area contributed by atoms with Crippen molar-refractivity contribution in [1.29, 1.82) is 0 Å². The van der Waals surface area contributed by atoms with E-state index in [4.69, 9.17) is 23.7 Å². The number of benzene rings is 5. The molecule has 0 unspecified atom stereocenters. The molecule has 0 aliphatic carbocycles. The average Bonchev–Trinajstić information content (AvgIpc) is 3.62. The van der Waals surface area contributed by atoms with Crippen molar-refractivity contribution in [1.82, 2.24) is 4.98 Å². The number of nitrogens with one attached hydrogen (secondary N) is 1. The Bertz CT molecular complexity index is 1920. The molecule has 1 aromatic heterocycles. The van der Waals surface area contributed by atoms with E-state index in [-0.39, 0.29) is 12.4 Å². The Balaban J connectivity index is 1.28. The van der Waals surface area contributed by atoms with E-state index in [0.29, 0.717) is 31.9 Å². The maximum Gasteiger partial charge on any atom is 0.147 e. The topological polar surface area (TPSA) is 61.9 Å². The lowest BCUT2D eigenvalue weighted by molar-refractivity contribution is -0.274. The maximum atomic E-state index is 15.2. The van der Waals surface area contributed by atoms with Crippen LogP contribution in [0.3, 0.4) is 0 Å². The molecule has 0 radical (unpaired) electrons. The lowest BCUT2D eigenvalue weighted by Crippen LogP contribution is -2.58. The van der Waals surface area contributed by atoms with Gasteiger partial charge in [0.1, 0.15) is 36.3 Å². The van der Waals surface area contributed by atoms with E-state index in [1.54, 1.807) is 6.07 Å². The molecule has 1 aliphatic heterocycles. The summed E-state index contributed by atoms with van der Waals surface area (Å²) in [6, 6.07) is 43.5. The molecule has 7 rings (SSSR count). The van der Waals surface area contributed by atoms with E-state index in [0.717, 1.165) is 38.8 Å². The van der Waals surface area contributed by atoms with Crippen molar-refractivity contribution in [2.75, 3.05) is 6.61 Å². The summed E-state index contributed by atoms with van der Waals surface area (Å²) in [6.45, 7) is 3.66. The third-order valence-corrected chi connectivity index (χ3v) is 9.21. The molecule has 6 aromatic rings. The molecule has 0 saturated carbocycles. The van der Waals surface area contributed by atoms with Crippen LogP contribution in [0.25, 0.3) is 10.9 Å². The van der Waals surface area contributed by atoms with E-state index in [9.17, 15) is 0 Å². The average molecular weight is 672 g/mol. The molecule has 0 spiro atoms. The van der Waals surface area contributed by atoms with Gasteiger partial charge in [0.15, 0.2) is 0 Å². The summed E-state index contributed by atoms with van der Waals surface area (Å²) in [5.74, 6) is -0.321. The standard InChI is InChI=1S/C43H42FNO5/c1-30-22-23-36(44)39-38(30)35(24-45-39)40-42(48-27-33-18-10-4-11-19-33)43(49-28-34-20-12-5-13-21-34)41(47-26-32-16-8-3-9-17-32)37(50-40)29-46-25-31-14-6-2-7-15-31/h2-24,37,40-43,45H,25-29H2,1H3/t37-,40+,41-,42+,43+/m1/s1. The number of aromatic amines is 1. The Labute approximate surface area is 292 Å². The van der Waals surface area contributed by atoms with Gasteiger partial charge in [-0.25, -0.2) is 4.39 Å². The summed E-state index contributed by atoms with van der Waals surface area (Å²) in [6.07, 6.45) is -1.09. The van der Waals surface area contributed by atoms with Crippen molar-refractivity contribution in [2.24, 2.45) is 0 Å². The second-order valence-corrected chi connectivity index (χ2v) is 12.7. The van der Waals surface area contributed by atoms with Gasteiger partial charge >= 0.3 is 0 Å². The number of ether oxygens (including phenoxy) is 5. The van der Waals surface area contributed by atoms with Crippen LogP contribution in [-0.4, -0.2) is 36.0 Å². The third kappa shape index (κ3) is 8.05. The lowest BCUT2D eigenvalue weighted by Gasteiger charge is -2.46. The molecule has 1 fully saturated rings. The van der Waals surface area contributed by atoms with Crippen molar-refractivity contribution in [3.8, 4) is 0 Å². The van der Waals surface area contributed by atoms with Crippen molar-refractivity contribution >= 4 is 10.9 Å². The van der Waals surface area contributed by atoms with Crippen molar-refractivity contribution in [2.45, 2.75) is 63.9 Å². The first-order chi connectivity index (χ1) is 24.6. The number of fused-ring (bicyclic) bond motifs is 1. The molecule has 1 saturated heterocycles. The molecule has 256 valence electrons. The fourth-order valence-electron chi connectivity index (χ4n) is 6.68. The highest BCUT2D eigenvalue weighted by Crippen LogP contribution is 2.42. The fourth-order valence-corrected chi connectivity index (χ4v) is 6.68. The highest BCUT2D eigenvalue weighted by atomic mass is 19.1. The first kappa shape index (κ1) is 33.8. The smallest absolute Gasteiger partial charge is 0.147 e. The first-order valence-electron chi connectivity index (χ1n) is 17.1. The minimum Gasteiger partial charge on any atom is -0.374 e. The number of hydrogen-bond donors (Lipinski definition) is 1. The summed E-state index contributed by atoms with van der Waals surface area (Å²) in [5, 5.41) is 0.776. The number of hydrogen-bond acceptors (Lipinski definition) is 5. The normalized spacial score (nSPS) is 20.6. The monoisotopic (exact) mass is 671 g/mol. The molecule has 6 nitrogen and oxygen atoms in total. The molecule has 5 atom stereocenters. The zero-order chi connectivity index (χ0) is 34.1. The Kier molecular flexibility index (Phi) is 11.1. The number of halogens is 1. The Morgan fingerprint density at radius 2 is 1.06 bits per heavy atom. The van der Waals surface area contributed by atoms with Gasteiger partial charge in [0.05, 0.1) is 38.6 Å². The van der Waals surface area contributed by atoms with Gasteiger partial charge in [-0.1, -0.05) is 127 Å². The van der Waals surface area contributed by atoms with Crippen molar-refractivity contribution < 1.29 is 28.1 Å². The van der Waals surface area contributed by atoms with Crippen LogP contribution in [0.2, 0.25) is 0 Å². The van der Waals surface area contributed by atoms with Crippen molar-refractivity contribution in [3.63, 3.8) is 0 Å². The van der Waals surface area contributed by atoms with Crippen LogP contribution < -0.4 is 0 Å². The van der Waals surface area contributed by atoms with E-state index < -0.39 is 30.5 Å². The summed E-state index contributed by atoms with van der Waals surface area (Å²) in [5.41, 5.74) is 6.31. The summed E-state index contributed by atoms with van der Waals surface area (Å²) < 4.78 is 49.1. The fraction of sp³-hybridized carbons (Fsp3) is 0.256. The highest BCUT2D eigenvalue weighted by Gasteiger charge is 2.49. The molecule has 1 aliphatic rings. The first-order valence-corrected chi connectivity index (χ1v) is 17.1. The molecule has 0 bridgehead atoms. The largest absolute Gasteiger partial charge is 0.374 e. The van der Waals surface area contributed by atoms with Gasteiger partial charge in [-0.3, -0.25) is 0 Å². The molecule has 0 amide bonds. The minimum absolute atomic E-state index is 0.247. The van der Waals surface area contributed by atoms with Gasteiger partial charge in [0.2, 0.25) is 0 Å². The molecule has 5 aromatic carbocycles. The molecule has 2 heterocycles. The van der Waals surface area contributed by atoms with Crippen LogP contribution in [0, 0.1) is 12.7 Å². The summed E-state index contributed by atoms with van der Waals surface area (Å²) in [4.78, 5) is 3.19. The van der Waals surface area contributed by atoms with Crippen LogP contribution in [-0.2, 0) is 50.1 Å². The Morgan fingerprint density at radius 1 is 0.580 bits per heavy atom. The third-order valence-electron chi connectivity index (χ3n) is 9.21. The van der Waals surface area contributed by atoms with Gasteiger partial charge in [0, 0.05) is 17.1 Å². The van der Waals surface area contributed by atoms with Gasteiger partial charge in [-0.2, -0.15) is 0 Å². The Hall–Kier alpha value is -4.63. The Morgan fingerprint density at radius 3 is 1.60 bits per heavy atom. The molecule has 7 heteroatoms. The highest BCUT2D eigenvalue weighted by molar-refractivity contribution is 5.87. The number of H-pyrrole nitrogens is 1. The van der Waals surface area contributed by atoms with Crippen molar-refractivity contribution in [3.05, 3.63) is 179 Å². The molecule has 1 N–H and O–H groups in total. The van der Waals surface area contributed by atoms with Gasteiger partial charge in [-0.15, -0.1) is 0 Å². The van der Waals surface area contributed by atoms with E-state index in [1.807, 2.05) is 134 Å². The quantitative estimate of drug-likeness (QED) is 0.125. The lowest BCUT2D eigenvalue weighted by atomic mass is 9.89. The van der Waals surface area contributed by atoms with E-state index in [2.05, 4.69) is 4.98 Å². The molecule has 50 heavy (non-hydrogen) atoms. The molecular formula is C43H42FNO5. The summed E-state index contributed by atoms with van der Waals surface area (Å²) in [7, 11) is 0. The number of rotatable bonds is 14. The van der Waals surface area contributed by atoms with E-state index in [1.165, 1.54) is 6.07 Å². The maximum absolute atomic E-state index is 15.2. The van der Waals surface area contributed by atoms with Crippen LogP contribution in [0.4, 0.5) is 4.39 Å². The van der Waals surface area contributed by atoms with Crippen LogP contribution in [0.1, 0.15) is 39.5 Å². The van der Waals surface area contributed by atoms with Crippen LogP contribution in [0.15, 0.2) is 140 Å². The van der Waals surface area contributed by atoms with Crippen LogP contribution >= 0.6 is 0 Å². The van der Waals surface area contributed by atoms with Gasteiger partial charge < -0.3 is 28.7 Å². The molecular weight excluding hydrogens is 629 g/mol. The zero-order valence-corrected chi connectivity index (χ0v) is 28.1. The second-order valence-electron chi connectivity index (χ2n) is 12.7. The predicted molar refractivity (Wildman–Crippen MR) is 192 cm³/mol. The SMILES string of the molecule is Cc1ccc(F)c2[nH]cc([C@@H]3O[C@H](COCc4ccccc4)[C@@H](OCc4ccccc4)[C@H](OCc4ccccc4)[C@H]3OCc3ccccc3)c12. The number of aromatic nitrogens is 1. The zero-order valence-electron chi connectivity index (χ0n) is 28.1. The van der Waals surface area contributed by atoms with Crippen LogP contribution in [0.5, 0.6) is 0 Å². The minimum atomic E-state index is -0.629. The van der Waals surface area contributed by atoms with Gasteiger partial charge in [0.25, 0.3) is 0 Å². The van der Waals surface area contributed by atoms with E-state index >= 15 is 4.39 Å². The van der Waals surface area contributed by atoms with Gasteiger partial charge in [-0.05, 0) is 40.8 Å². The number of aryl methyl sites for hydroxylation is 1. The second kappa shape index (κ2) is 16.4.